The standard InChI is InChI=1S/C64H109O11P/c1-4-7-10-13-16-19-22-25-28-29-30-31-34-35-38-41-44-47-50-53-62(66)71-57-61(75-64(68)55-52-49-46-43-40-37-33-27-24-21-18-15-12-9-6-3)59-73-76(69,70)72-58-60(56-65)74-63(67)54-51-48-45-42-39-36-32-26-23-20-17-14-11-8-5-2/h7,9-10,12,16,18-19,21,25,27-28,30-31,33,35,38,60-61,65H,4-6,8,11,13-15,17,20,22-24,26,29,32,34,36-37,39-59H2,1-3H3,(H,69,70)/b10-7-,12-9-,19-16-,21-18-,28-25-,31-30-,33-27-,38-35-. The van der Waals surface area contributed by atoms with Crippen molar-refractivity contribution >= 4 is 25.7 Å². The first kappa shape index (κ1) is 72.4. The first-order valence-electron chi connectivity index (χ1n) is 30.1. The normalized spacial score (nSPS) is 14.0. The molecule has 0 fully saturated rings. The van der Waals surface area contributed by atoms with Gasteiger partial charge in [-0.15, -0.1) is 0 Å². The lowest BCUT2D eigenvalue weighted by Crippen LogP contribution is -2.30. The average Bonchev–Trinajstić information content (AvgIpc) is 3.41. The Hall–Kier alpha value is -3.60. The van der Waals surface area contributed by atoms with Crippen molar-refractivity contribution in [3.63, 3.8) is 0 Å². The highest BCUT2D eigenvalue weighted by Gasteiger charge is 2.28. The minimum Gasteiger partial charge on any atom is -0.462 e. The van der Waals surface area contributed by atoms with Crippen LogP contribution in [0.4, 0.5) is 0 Å². The minimum absolute atomic E-state index is 0.137. The molecule has 0 aliphatic rings. The summed E-state index contributed by atoms with van der Waals surface area (Å²) in [6, 6.07) is 0. The van der Waals surface area contributed by atoms with E-state index >= 15 is 0 Å². The lowest BCUT2D eigenvalue weighted by atomic mass is 10.0. The zero-order valence-corrected chi connectivity index (χ0v) is 49.1. The summed E-state index contributed by atoms with van der Waals surface area (Å²) in [5.41, 5.74) is 0. The van der Waals surface area contributed by atoms with Crippen LogP contribution >= 0.6 is 7.82 Å². The highest BCUT2D eigenvalue weighted by atomic mass is 31.2. The van der Waals surface area contributed by atoms with Crippen molar-refractivity contribution < 1.29 is 52.2 Å². The first-order chi connectivity index (χ1) is 37.2. The Bertz CT molecular complexity index is 1640. The van der Waals surface area contributed by atoms with Gasteiger partial charge in [-0.1, -0.05) is 234 Å². The Balaban J connectivity index is 4.78. The molecule has 0 radical (unpaired) electrons. The third-order valence-corrected chi connectivity index (χ3v) is 13.5. The van der Waals surface area contributed by atoms with Crippen molar-refractivity contribution in [2.75, 3.05) is 26.4 Å². The SMILES string of the molecule is CC/C=C\C/C=C\C/C=C\C/C=C\C/C=C\CCCCCC(=O)OCC(COP(=O)(O)OCC(CO)OC(=O)CCCCCCCCCCCCCCCCC)OC(=O)CCCCCCC/C=C\C/C=C\C/C=C\CC. The molecule has 0 saturated carbocycles. The van der Waals surface area contributed by atoms with Gasteiger partial charge in [0.2, 0.25) is 0 Å². The van der Waals surface area contributed by atoms with E-state index in [0.717, 1.165) is 122 Å². The number of rotatable bonds is 55. The Morgan fingerprint density at radius 1 is 0.382 bits per heavy atom. The van der Waals surface area contributed by atoms with Crippen molar-refractivity contribution in [2.24, 2.45) is 0 Å². The van der Waals surface area contributed by atoms with Crippen LogP contribution in [0, 0.1) is 0 Å². The highest BCUT2D eigenvalue weighted by molar-refractivity contribution is 7.47. The second-order valence-electron chi connectivity index (χ2n) is 19.8. The molecule has 436 valence electrons. The maximum Gasteiger partial charge on any atom is 0.472 e. The largest absolute Gasteiger partial charge is 0.472 e. The molecule has 0 rings (SSSR count). The molecule has 0 bridgehead atoms. The molecule has 11 nitrogen and oxygen atoms in total. The molecule has 2 N–H and O–H groups in total. The predicted molar refractivity (Wildman–Crippen MR) is 316 cm³/mol. The summed E-state index contributed by atoms with van der Waals surface area (Å²) >= 11 is 0. The van der Waals surface area contributed by atoms with Gasteiger partial charge in [-0.25, -0.2) is 4.57 Å². The number of allylic oxidation sites excluding steroid dienone is 16. The van der Waals surface area contributed by atoms with Crippen LogP contribution in [0.1, 0.15) is 252 Å². The summed E-state index contributed by atoms with van der Waals surface area (Å²) in [4.78, 5) is 48.6. The number of esters is 3. The monoisotopic (exact) mass is 1080 g/mol. The van der Waals surface area contributed by atoms with E-state index in [0.29, 0.717) is 19.3 Å². The Morgan fingerprint density at radius 2 is 0.684 bits per heavy atom. The van der Waals surface area contributed by atoms with E-state index in [9.17, 15) is 28.9 Å². The molecule has 12 heteroatoms. The van der Waals surface area contributed by atoms with Crippen LogP contribution in [-0.4, -0.2) is 66.5 Å². The maximum absolute atomic E-state index is 12.9. The van der Waals surface area contributed by atoms with Gasteiger partial charge in [-0.3, -0.25) is 23.4 Å². The fraction of sp³-hybridized carbons (Fsp3) is 0.703. The van der Waals surface area contributed by atoms with Crippen molar-refractivity contribution in [3.8, 4) is 0 Å². The second kappa shape index (κ2) is 57.6. The summed E-state index contributed by atoms with van der Waals surface area (Å²) < 4.78 is 39.5. The van der Waals surface area contributed by atoms with Gasteiger partial charge in [-0.05, 0) is 96.3 Å². The lowest BCUT2D eigenvalue weighted by molar-refractivity contribution is -0.161. The Labute approximate surface area is 463 Å². The third-order valence-electron chi connectivity index (χ3n) is 12.5. The maximum atomic E-state index is 12.9. The Kier molecular flexibility index (Phi) is 54.8. The van der Waals surface area contributed by atoms with Gasteiger partial charge in [0.1, 0.15) is 12.7 Å². The van der Waals surface area contributed by atoms with Crippen molar-refractivity contribution in [1.29, 1.82) is 0 Å². The van der Waals surface area contributed by atoms with Gasteiger partial charge in [0.05, 0.1) is 19.8 Å². The molecule has 76 heavy (non-hydrogen) atoms. The topological polar surface area (TPSA) is 155 Å². The van der Waals surface area contributed by atoms with Crippen molar-refractivity contribution in [1.82, 2.24) is 0 Å². The number of aliphatic hydroxyl groups excluding tert-OH is 1. The van der Waals surface area contributed by atoms with Gasteiger partial charge in [0, 0.05) is 19.3 Å². The van der Waals surface area contributed by atoms with E-state index in [2.05, 4.69) is 118 Å². The van der Waals surface area contributed by atoms with Crippen LogP contribution < -0.4 is 0 Å². The summed E-state index contributed by atoms with van der Waals surface area (Å²) in [6.07, 6.45) is 67.9. The number of hydrogen-bond donors (Lipinski definition) is 2. The Morgan fingerprint density at radius 3 is 1.07 bits per heavy atom. The zero-order valence-electron chi connectivity index (χ0n) is 48.2. The van der Waals surface area contributed by atoms with E-state index in [-0.39, 0.29) is 25.9 Å². The number of carbonyl (C=O) groups excluding carboxylic acids is 3. The molecule has 0 aliphatic carbocycles. The number of phosphoric acid groups is 1. The number of aliphatic hydroxyl groups is 1. The number of carbonyl (C=O) groups is 3. The van der Waals surface area contributed by atoms with Gasteiger partial charge in [0.25, 0.3) is 0 Å². The molecule has 0 saturated heterocycles. The summed E-state index contributed by atoms with van der Waals surface area (Å²) in [5.74, 6) is -1.52. The predicted octanol–water partition coefficient (Wildman–Crippen LogP) is 18.0. The van der Waals surface area contributed by atoms with Crippen molar-refractivity contribution in [2.45, 2.75) is 264 Å². The highest BCUT2D eigenvalue weighted by Crippen LogP contribution is 2.43. The third kappa shape index (κ3) is 55.2. The smallest absolute Gasteiger partial charge is 0.462 e. The molecule has 0 aromatic heterocycles. The first-order valence-corrected chi connectivity index (χ1v) is 31.6. The van der Waals surface area contributed by atoms with E-state index < -0.39 is 57.8 Å². The lowest BCUT2D eigenvalue weighted by Gasteiger charge is -2.21. The van der Waals surface area contributed by atoms with Gasteiger partial charge >= 0.3 is 25.7 Å². The molecular weight excluding hydrogens is 976 g/mol. The van der Waals surface area contributed by atoms with Crippen LogP contribution in [0.25, 0.3) is 0 Å². The minimum atomic E-state index is -4.77. The molecule has 0 spiro atoms. The summed E-state index contributed by atoms with van der Waals surface area (Å²) in [6.45, 7) is 4.38. The molecule has 3 atom stereocenters. The number of phosphoric ester groups is 1. The quantitative estimate of drug-likeness (QED) is 0.0197. The molecule has 0 aliphatic heterocycles. The summed E-state index contributed by atoms with van der Waals surface area (Å²) in [5, 5.41) is 9.83. The van der Waals surface area contributed by atoms with Crippen LogP contribution in [-0.2, 0) is 42.2 Å². The number of ether oxygens (including phenoxy) is 3. The van der Waals surface area contributed by atoms with Crippen LogP contribution in [0.3, 0.4) is 0 Å². The fourth-order valence-corrected chi connectivity index (χ4v) is 8.77. The van der Waals surface area contributed by atoms with Crippen LogP contribution in [0.2, 0.25) is 0 Å². The zero-order chi connectivity index (χ0) is 55.5. The van der Waals surface area contributed by atoms with E-state index in [1.54, 1.807) is 0 Å². The fourth-order valence-electron chi connectivity index (χ4n) is 7.99. The number of hydrogen-bond acceptors (Lipinski definition) is 10. The summed E-state index contributed by atoms with van der Waals surface area (Å²) in [7, 11) is -4.77. The average molecular weight is 1090 g/mol. The number of unbranched alkanes of at least 4 members (excludes halogenated alkanes) is 22. The van der Waals surface area contributed by atoms with Gasteiger partial charge in [0.15, 0.2) is 6.10 Å². The van der Waals surface area contributed by atoms with Gasteiger partial charge in [-0.2, -0.15) is 0 Å². The van der Waals surface area contributed by atoms with Gasteiger partial charge < -0.3 is 24.2 Å². The van der Waals surface area contributed by atoms with Crippen LogP contribution in [0.5, 0.6) is 0 Å². The molecule has 0 aromatic rings. The van der Waals surface area contributed by atoms with E-state index in [1.165, 1.54) is 70.6 Å². The van der Waals surface area contributed by atoms with E-state index in [1.807, 2.05) is 0 Å². The van der Waals surface area contributed by atoms with Crippen molar-refractivity contribution in [3.05, 3.63) is 97.2 Å². The molecule has 3 unspecified atom stereocenters. The molecule has 0 amide bonds. The van der Waals surface area contributed by atoms with Crippen LogP contribution in [0.15, 0.2) is 97.2 Å². The second-order valence-corrected chi connectivity index (χ2v) is 21.2. The van der Waals surface area contributed by atoms with E-state index in [4.69, 9.17) is 23.3 Å². The molecular formula is C64H109O11P. The molecule has 0 aromatic carbocycles. The molecule has 0 heterocycles.